The van der Waals surface area contributed by atoms with E-state index in [-0.39, 0.29) is 24.4 Å². The monoisotopic (exact) mass is 274 g/mol. The number of rotatable bonds is 4. The normalized spacial score (nSPS) is 27.7. The van der Waals surface area contributed by atoms with Gasteiger partial charge >= 0.3 is 5.97 Å². The van der Waals surface area contributed by atoms with Crippen LogP contribution in [0, 0.1) is 0 Å². The Kier molecular flexibility index (Phi) is 2.87. The van der Waals surface area contributed by atoms with E-state index in [1.807, 2.05) is 30.3 Å². The third-order valence-electron chi connectivity index (χ3n) is 3.54. The Labute approximate surface area is 115 Å². The van der Waals surface area contributed by atoms with Crippen molar-refractivity contribution >= 4 is 11.8 Å². The van der Waals surface area contributed by atoms with E-state index in [1.165, 1.54) is 6.92 Å². The number of ketones is 1. The summed E-state index contributed by atoms with van der Waals surface area (Å²) in [5, 5.41) is 9.70. The van der Waals surface area contributed by atoms with Crippen molar-refractivity contribution in [3.05, 3.63) is 47.2 Å². The SMILES string of the molecule is CC(=O)C1=C(OCc2ccccc2)C2(CC2O)OC1=O. The Bertz CT molecular complexity index is 604. The number of carbonyl (C=O) groups excluding carboxylic acids is 2. The summed E-state index contributed by atoms with van der Waals surface area (Å²) in [4.78, 5) is 23.3. The summed E-state index contributed by atoms with van der Waals surface area (Å²) in [5.41, 5.74) is -0.308. The van der Waals surface area contributed by atoms with Crippen LogP contribution in [0.3, 0.4) is 0 Å². The fourth-order valence-electron chi connectivity index (χ4n) is 2.38. The van der Waals surface area contributed by atoms with Crippen molar-refractivity contribution in [2.24, 2.45) is 0 Å². The molecule has 1 fully saturated rings. The molecule has 1 aliphatic carbocycles. The molecule has 0 amide bonds. The van der Waals surface area contributed by atoms with E-state index < -0.39 is 23.5 Å². The van der Waals surface area contributed by atoms with Gasteiger partial charge in [0.05, 0.1) is 0 Å². The van der Waals surface area contributed by atoms with E-state index >= 15 is 0 Å². The average molecular weight is 274 g/mol. The van der Waals surface area contributed by atoms with Gasteiger partial charge in [0.1, 0.15) is 18.3 Å². The van der Waals surface area contributed by atoms with Crippen LogP contribution < -0.4 is 0 Å². The molecule has 1 aromatic rings. The van der Waals surface area contributed by atoms with E-state index in [1.54, 1.807) is 0 Å². The number of esters is 1. The zero-order valence-electron chi connectivity index (χ0n) is 11.0. The molecule has 5 nitrogen and oxygen atoms in total. The van der Waals surface area contributed by atoms with Gasteiger partial charge in [-0.15, -0.1) is 0 Å². The van der Waals surface area contributed by atoms with E-state index in [0.717, 1.165) is 5.56 Å². The molecule has 0 saturated heterocycles. The molecule has 2 unspecified atom stereocenters. The van der Waals surface area contributed by atoms with Gasteiger partial charge in [0.25, 0.3) is 0 Å². The molecule has 1 heterocycles. The molecule has 1 N–H and O–H groups in total. The zero-order valence-corrected chi connectivity index (χ0v) is 11.0. The molecular formula is C15H14O5. The van der Waals surface area contributed by atoms with E-state index in [0.29, 0.717) is 0 Å². The van der Waals surface area contributed by atoms with Crippen LogP contribution in [0.1, 0.15) is 18.9 Å². The fourth-order valence-corrected chi connectivity index (χ4v) is 2.38. The van der Waals surface area contributed by atoms with Gasteiger partial charge in [0, 0.05) is 6.42 Å². The van der Waals surface area contributed by atoms with Crippen molar-refractivity contribution < 1.29 is 24.2 Å². The Morgan fingerprint density at radius 2 is 2.10 bits per heavy atom. The minimum atomic E-state index is -1.13. The van der Waals surface area contributed by atoms with Crippen molar-refractivity contribution in [2.45, 2.75) is 31.7 Å². The lowest BCUT2D eigenvalue weighted by Gasteiger charge is -2.14. The number of Topliss-reactive ketones (excluding diaryl/α,β-unsaturated/α-hetero) is 1. The molecule has 1 aromatic carbocycles. The van der Waals surface area contributed by atoms with Gasteiger partial charge < -0.3 is 14.6 Å². The second-order valence-corrected chi connectivity index (χ2v) is 5.03. The van der Waals surface area contributed by atoms with Crippen molar-refractivity contribution in [2.75, 3.05) is 0 Å². The largest absolute Gasteiger partial charge is 0.488 e. The molecule has 2 aliphatic rings. The lowest BCUT2D eigenvalue weighted by Crippen LogP contribution is -2.20. The Balaban J connectivity index is 1.87. The van der Waals surface area contributed by atoms with Crippen molar-refractivity contribution in [1.29, 1.82) is 0 Å². The maximum absolute atomic E-state index is 11.7. The van der Waals surface area contributed by atoms with Gasteiger partial charge in [-0.3, -0.25) is 4.79 Å². The summed E-state index contributed by atoms with van der Waals surface area (Å²) >= 11 is 0. The molecule has 20 heavy (non-hydrogen) atoms. The first kappa shape index (κ1) is 12.9. The van der Waals surface area contributed by atoms with Crippen LogP contribution in [0.4, 0.5) is 0 Å². The minimum absolute atomic E-state index is 0.0857. The zero-order chi connectivity index (χ0) is 14.3. The summed E-state index contributed by atoms with van der Waals surface area (Å²) in [6.45, 7) is 1.51. The first-order valence-electron chi connectivity index (χ1n) is 6.38. The average Bonchev–Trinajstić information content (AvgIpc) is 2.94. The lowest BCUT2D eigenvalue weighted by molar-refractivity contribution is -0.144. The summed E-state index contributed by atoms with van der Waals surface area (Å²) in [6, 6.07) is 9.38. The standard InChI is InChI=1S/C15H14O5/c1-9(16)12-13(15(7-11(15)17)20-14(12)18)19-8-10-5-3-2-4-6-10/h2-6,11,17H,7-8H2,1H3. The second-order valence-electron chi connectivity index (χ2n) is 5.03. The maximum Gasteiger partial charge on any atom is 0.346 e. The Morgan fingerprint density at radius 1 is 1.45 bits per heavy atom. The molecular weight excluding hydrogens is 260 g/mol. The summed E-state index contributed by atoms with van der Waals surface area (Å²) < 4.78 is 10.8. The van der Waals surface area contributed by atoms with Crippen LogP contribution in [0.25, 0.3) is 0 Å². The molecule has 1 saturated carbocycles. The second kappa shape index (κ2) is 4.45. The van der Waals surface area contributed by atoms with Gasteiger partial charge in [-0.25, -0.2) is 4.79 Å². The molecule has 0 radical (unpaired) electrons. The van der Waals surface area contributed by atoms with Gasteiger partial charge in [-0.1, -0.05) is 30.3 Å². The van der Waals surface area contributed by atoms with Gasteiger partial charge in [0.2, 0.25) is 0 Å². The minimum Gasteiger partial charge on any atom is -0.488 e. The van der Waals surface area contributed by atoms with Crippen LogP contribution in [-0.4, -0.2) is 28.6 Å². The van der Waals surface area contributed by atoms with Gasteiger partial charge in [0.15, 0.2) is 17.1 Å². The van der Waals surface area contributed by atoms with Crippen LogP contribution >= 0.6 is 0 Å². The van der Waals surface area contributed by atoms with Crippen LogP contribution in [0.5, 0.6) is 0 Å². The number of benzene rings is 1. The van der Waals surface area contributed by atoms with Crippen LogP contribution in [0.2, 0.25) is 0 Å². The third-order valence-corrected chi connectivity index (χ3v) is 3.54. The number of hydrogen-bond donors (Lipinski definition) is 1. The molecule has 0 aromatic heterocycles. The van der Waals surface area contributed by atoms with Crippen LogP contribution in [-0.2, 0) is 25.7 Å². The molecule has 2 atom stereocenters. The smallest absolute Gasteiger partial charge is 0.346 e. The molecule has 0 bridgehead atoms. The summed E-state index contributed by atoms with van der Waals surface area (Å²) in [7, 11) is 0. The molecule has 5 heteroatoms. The highest BCUT2D eigenvalue weighted by Crippen LogP contribution is 2.52. The molecule has 3 rings (SSSR count). The maximum atomic E-state index is 11.7. The number of hydrogen-bond acceptors (Lipinski definition) is 5. The van der Waals surface area contributed by atoms with E-state index in [4.69, 9.17) is 9.47 Å². The first-order valence-corrected chi connectivity index (χ1v) is 6.38. The van der Waals surface area contributed by atoms with Crippen molar-refractivity contribution in [3.63, 3.8) is 0 Å². The quantitative estimate of drug-likeness (QED) is 0.657. The van der Waals surface area contributed by atoms with Crippen molar-refractivity contribution in [3.8, 4) is 0 Å². The van der Waals surface area contributed by atoms with Crippen LogP contribution in [0.15, 0.2) is 41.7 Å². The van der Waals surface area contributed by atoms with Gasteiger partial charge in [-0.05, 0) is 12.5 Å². The molecule has 104 valence electrons. The van der Waals surface area contributed by atoms with Crippen molar-refractivity contribution in [1.82, 2.24) is 0 Å². The Morgan fingerprint density at radius 3 is 2.65 bits per heavy atom. The summed E-state index contributed by atoms with van der Waals surface area (Å²) in [5.74, 6) is -0.947. The highest BCUT2D eigenvalue weighted by Gasteiger charge is 2.67. The predicted octanol–water partition coefficient (Wildman–Crippen LogP) is 1.11. The molecule has 1 spiro atoms. The number of ether oxygens (including phenoxy) is 2. The fraction of sp³-hybridized carbons (Fsp3) is 0.333. The summed E-state index contributed by atoms with van der Waals surface area (Å²) in [6.07, 6.45) is -0.520. The lowest BCUT2D eigenvalue weighted by atomic mass is 10.1. The number of aliphatic hydroxyl groups excluding tert-OH is 1. The predicted molar refractivity (Wildman–Crippen MR) is 68.4 cm³/mol. The number of carbonyl (C=O) groups is 2. The highest BCUT2D eigenvalue weighted by molar-refractivity contribution is 6.18. The third kappa shape index (κ3) is 1.91. The Hall–Kier alpha value is -2.14. The highest BCUT2D eigenvalue weighted by atomic mass is 16.6. The van der Waals surface area contributed by atoms with Gasteiger partial charge in [-0.2, -0.15) is 0 Å². The number of aliphatic hydroxyl groups is 1. The molecule has 1 aliphatic heterocycles. The first-order chi connectivity index (χ1) is 9.54. The van der Waals surface area contributed by atoms with E-state index in [2.05, 4.69) is 0 Å². The topological polar surface area (TPSA) is 72.8 Å². The van der Waals surface area contributed by atoms with E-state index in [9.17, 15) is 14.7 Å².